The van der Waals surface area contributed by atoms with Crippen molar-refractivity contribution >= 4 is 39.0 Å². The lowest BCUT2D eigenvalue weighted by molar-refractivity contribution is -0.136. The third-order valence-electron chi connectivity index (χ3n) is 5.15. The molecule has 0 spiro atoms. The number of nitrogens with zero attached hydrogens (tertiary/aromatic N) is 4. The average Bonchev–Trinajstić information content (AvgIpc) is 2.95. The van der Waals surface area contributed by atoms with E-state index in [0.717, 1.165) is 37.1 Å². The van der Waals surface area contributed by atoms with E-state index in [1.165, 1.54) is 0 Å². The summed E-state index contributed by atoms with van der Waals surface area (Å²) in [6.07, 6.45) is 6.60. The molecule has 2 aromatic rings. The summed E-state index contributed by atoms with van der Waals surface area (Å²) in [7, 11) is 0. The molecule has 2 aliphatic heterocycles. The summed E-state index contributed by atoms with van der Waals surface area (Å²) in [5.41, 5.74) is 0.557. The maximum absolute atomic E-state index is 12.6. The summed E-state index contributed by atoms with van der Waals surface area (Å²) in [5.74, 6) is 1.44. The van der Waals surface area contributed by atoms with Crippen LogP contribution in [-0.4, -0.2) is 37.8 Å². The molecule has 23 heavy (non-hydrogen) atoms. The number of amides is 1. The van der Waals surface area contributed by atoms with E-state index >= 15 is 0 Å². The van der Waals surface area contributed by atoms with Crippen LogP contribution in [0.4, 0.5) is 0 Å². The number of aromatic nitrogens is 3. The Morgan fingerprint density at radius 3 is 2.96 bits per heavy atom. The number of rotatable bonds is 1. The first-order chi connectivity index (χ1) is 10.9. The highest BCUT2D eigenvalue weighted by Gasteiger charge is 2.48. The predicted octanol–water partition coefficient (Wildman–Crippen LogP) is 3.65. The Kier molecular flexibility index (Phi) is 3.47. The average molecular weight is 398 g/mol. The molecule has 0 bridgehead atoms. The summed E-state index contributed by atoms with van der Waals surface area (Å²) in [6.45, 7) is 4.84. The number of piperidine rings is 1. The fraction of sp³-hybridized carbons (Fsp3) is 0.562. The first-order valence-corrected chi connectivity index (χ1v) is 9.04. The Morgan fingerprint density at radius 1 is 1.39 bits per heavy atom. The van der Waals surface area contributed by atoms with E-state index in [9.17, 15) is 4.79 Å². The molecular formula is C16H18BrClN4O. The SMILES string of the molecule is CC1(C)CC2CCC(c3nc(Br)c4c(Cl)nccn34)CN2C1=O. The van der Waals surface area contributed by atoms with Crippen molar-refractivity contribution in [3.8, 4) is 0 Å². The first kappa shape index (κ1) is 15.4. The molecule has 0 aromatic carbocycles. The zero-order chi connectivity index (χ0) is 16.4. The van der Waals surface area contributed by atoms with Gasteiger partial charge in [0.25, 0.3) is 0 Å². The zero-order valence-electron chi connectivity index (χ0n) is 13.1. The van der Waals surface area contributed by atoms with Crippen molar-refractivity contribution in [1.82, 2.24) is 19.3 Å². The van der Waals surface area contributed by atoms with Gasteiger partial charge in [0, 0.05) is 36.3 Å². The molecule has 2 atom stereocenters. The lowest BCUT2D eigenvalue weighted by Gasteiger charge is -2.34. The number of hydrogen-bond acceptors (Lipinski definition) is 3. The van der Waals surface area contributed by atoms with Crippen molar-refractivity contribution in [1.29, 1.82) is 0 Å². The zero-order valence-corrected chi connectivity index (χ0v) is 15.4. The molecule has 4 rings (SSSR count). The van der Waals surface area contributed by atoms with Crippen LogP contribution in [0, 0.1) is 5.41 Å². The number of carbonyl (C=O) groups is 1. The van der Waals surface area contributed by atoms with Crippen LogP contribution in [0.25, 0.3) is 5.52 Å². The van der Waals surface area contributed by atoms with Gasteiger partial charge >= 0.3 is 0 Å². The quantitative estimate of drug-likeness (QED) is 0.738. The first-order valence-electron chi connectivity index (χ1n) is 7.87. The summed E-state index contributed by atoms with van der Waals surface area (Å²) in [6, 6.07) is 0.383. The maximum Gasteiger partial charge on any atom is 0.228 e. The van der Waals surface area contributed by atoms with Gasteiger partial charge in [-0.15, -0.1) is 0 Å². The van der Waals surface area contributed by atoms with Crippen LogP contribution in [0.1, 0.15) is 44.9 Å². The normalized spacial score (nSPS) is 26.8. The smallest absolute Gasteiger partial charge is 0.228 e. The van der Waals surface area contributed by atoms with Gasteiger partial charge < -0.3 is 4.90 Å². The Labute approximate surface area is 148 Å². The number of hydrogen-bond donors (Lipinski definition) is 0. The van der Waals surface area contributed by atoms with E-state index in [2.05, 4.69) is 44.6 Å². The summed E-state index contributed by atoms with van der Waals surface area (Å²) < 4.78 is 2.71. The van der Waals surface area contributed by atoms with Gasteiger partial charge in [-0.1, -0.05) is 25.4 Å². The van der Waals surface area contributed by atoms with Crippen LogP contribution in [0.15, 0.2) is 17.0 Å². The highest BCUT2D eigenvalue weighted by atomic mass is 79.9. The van der Waals surface area contributed by atoms with E-state index in [1.54, 1.807) is 6.20 Å². The van der Waals surface area contributed by atoms with Crippen LogP contribution in [0.3, 0.4) is 0 Å². The number of halogens is 2. The van der Waals surface area contributed by atoms with Gasteiger partial charge in [-0.25, -0.2) is 9.97 Å². The van der Waals surface area contributed by atoms with Gasteiger partial charge in [0.2, 0.25) is 5.91 Å². The fourth-order valence-electron chi connectivity index (χ4n) is 4.04. The molecule has 4 heterocycles. The monoisotopic (exact) mass is 396 g/mol. The molecule has 1 amide bonds. The number of imidazole rings is 1. The minimum Gasteiger partial charge on any atom is -0.338 e. The lowest BCUT2D eigenvalue weighted by atomic mass is 9.87. The van der Waals surface area contributed by atoms with Gasteiger partial charge in [-0.05, 0) is 35.2 Å². The number of fused-ring (bicyclic) bond motifs is 2. The molecule has 5 nitrogen and oxygen atoms in total. The Hall–Kier alpha value is -1.14. The van der Waals surface area contributed by atoms with Gasteiger partial charge in [-0.3, -0.25) is 9.20 Å². The van der Waals surface area contributed by atoms with Crippen molar-refractivity contribution in [2.24, 2.45) is 5.41 Å². The van der Waals surface area contributed by atoms with Crippen molar-refractivity contribution in [2.45, 2.75) is 45.1 Å². The summed E-state index contributed by atoms with van der Waals surface area (Å²) >= 11 is 9.68. The molecule has 2 aliphatic rings. The fourth-order valence-corrected chi connectivity index (χ4v) is 4.95. The van der Waals surface area contributed by atoms with Gasteiger partial charge in [-0.2, -0.15) is 0 Å². The molecule has 0 N–H and O–H groups in total. The minimum atomic E-state index is -0.234. The van der Waals surface area contributed by atoms with E-state index in [0.29, 0.717) is 15.8 Å². The standard InChI is InChI=1S/C16H18BrClN4O/c1-16(2)7-10-4-3-9(8-22(10)15(16)23)14-20-12(17)11-13(18)19-5-6-21(11)14/h5-6,9-10H,3-4,7-8H2,1-2H3. The molecular weight excluding hydrogens is 380 g/mol. The Bertz CT molecular complexity index is 803. The second-order valence-corrected chi connectivity index (χ2v) is 8.28. The predicted molar refractivity (Wildman–Crippen MR) is 91.6 cm³/mol. The minimum absolute atomic E-state index is 0.223. The van der Waals surface area contributed by atoms with Crippen molar-refractivity contribution in [3.05, 3.63) is 28.0 Å². The van der Waals surface area contributed by atoms with Crippen molar-refractivity contribution in [2.75, 3.05) is 6.54 Å². The van der Waals surface area contributed by atoms with Crippen LogP contribution >= 0.6 is 27.5 Å². The summed E-state index contributed by atoms with van der Waals surface area (Å²) in [5, 5.41) is 0.435. The molecule has 2 aromatic heterocycles. The van der Waals surface area contributed by atoms with Crippen molar-refractivity contribution < 1.29 is 4.79 Å². The van der Waals surface area contributed by atoms with E-state index < -0.39 is 0 Å². The Morgan fingerprint density at radius 2 is 2.17 bits per heavy atom. The summed E-state index contributed by atoms with van der Waals surface area (Å²) in [4.78, 5) is 23.5. The number of carbonyl (C=O) groups excluding carboxylic acids is 1. The molecule has 2 saturated heterocycles. The Balaban J connectivity index is 1.71. The maximum atomic E-state index is 12.6. The molecule has 0 aliphatic carbocycles. The molecule has 7 heteroatoms. The molecule has 2 fully saturated rings. The third-order valence-corrected chi connectivity index (χ3v) is 5.98. The van der Waals surface area contributed by atoms with E-state index in [4.69, 9.17) is 11.6 Å². The highest BCUT2D eigenvalue weighted by molar-refractivity contribution is 9.10. The highest BCUT2D eigenvalue weighted by Crippen LogP contribution is 2.43. The van der Waals surface area contributed by atoms with Gasteiger partial charge in [0.15, 0.2) is 5.15 Å². The van der Waals surface area contributed by atoms with Gasteiger partial charge in [0.05, 0.1) is 0 Å². The molecule has 2 unspecified atom stereocenters. The van der Waals surface area contributed by atoms with E-state index in [-0.39, 0.29) is 17.2 Å². The van der Waals surface area contributed by atoms with Crippen LogP contribution < -0.4 is 0 Å². The third kappa shape index (κ3) is 2.30. The largest absolute Gasteiger partial charge is 0.338 e. The second-order valence-electron chi connectivity index (χ2n) is 7.17. The van der Waals surface area contributed by atoms with Crippen molar-refractivity contribution in [3.63, 3.8) is 0 Å². The topological polar surface area (TPSA) is 50.5 Å². The molecule has 0 radical (unpaired) electrons. The lowest BCUT2D eigenvalue weighted by Crippen LogP contribution is -2.42. The van der Waals surface area contributed by atoms with Crippen LogP contribution in [0.5, 0.6) is 0 Å². The second kappa shape index (κ2) is 5.18. The molecule has 0 saturated carbocycles. The molecule has 122 valence electrons. The van der Waals surface area contributed by atoms with Gasteiger partial charge in [0.1, 0.15) is 15.9 Å². The van der Waals surface area contributed by atoms with Crippen LogP contribution in [-0.2, 0) is 4.79 Å². The van der Waals surface area contributed by atoms with E-state index in [1.807, 2.05) is 10.6 Å². The van der Waals surface area contributed by atoms with Crippen LogP contribution in [0.2, 0.25) is 5.15 Å².